The molecule has 1 aromatic heterocycles. The molecule has 0 spiro atoms. The lowest BCUT2D eigenvalue weighted by atomic mass is 10.1. The largest absolute Gasteiger partial charge is 0.398 e. The van der Waals surface area contributed by atoms with Crippen LogP contribution in [-0.4, -0.2) is 9.97 Å². The summed E-state index contributed by atoms with van der Waals surface area (Å²) in [6, 6.07) is 4.35. The number of hydrogen-bond donors (Lipinski definition) is 2. The maximum Gasteiger partial charge on any atom is 0.140 e. The van der Waals surface area contributed by atoms with E-state index in [1.165, 1.54) is 12.1 Å². The van der Waals surface area contributed by atoms with Crippen LogP contribution >= 0.6 is 0 Å². The summed E-state index contributed by atoms with van der Waals surface area (Å²) < 4.78 is 13.2. The highest BCUT2D eigenvalue weighted by molar-refractivity contribution is 5.72. The third-order valence-corrected chi connectivity index (χ3v) is 3.38. The van der Waals surface area contributed by atoms with Crippen LogP contribution < -0.4 is 5.73 Å². The molecule has 4 heteroatoms. The summed E-state index contributed by atoms with van der Waals surface area (Å²) in [7, 11) is 0. The number of rotatable bonds is 1. The van der Waals surface area contributed by atoms with Gasteiger partial charge in [0.25, 0.3) is 0 Å². The normalized spacial score (nSPS) is 18.4. The number of fused-ring (bicyclic) bond motifs is 1. The molecule has 3 rings (SSSR count). The van der Waals surface area contributed by atoms with Crippen molar-refractivity contribution >= 4 is 5.69 Å². The average molecular weight is 231 g/mol. The molecule has 1 unspecified atom stereocenters. The van der Waals surface area contributed by atoms with E-state index in [9.17, 15) is 4.39 Å². The first-order valence-corrected chi connectivity index (χ1v) is 5.79. The van der Waals surface area contributed by atoms with Gasteiger partial charge in [0, 0.05) is 22.9 Å². The highest BCUT2D eigenvalue weighted by Crippen LogP contribution is 2.34. The Balaban J connectivity index is 2.10. The molecule has 0 amide bonds. The number of aromatic amines is 1. The Labute approximate surface area is 98.9 Å². The first-order chi connectivity index (χ1) is 8.15. The van der Waals surface area contributed by atoms with E-state index in [1.54, 1.807) is 6.07 Å². The van der Waals surface area contributed by atoms with Gasteiger partial charge >= 0.3 is 0 Å². The van der Waals surface area contributed by atoms with Gasteiger partial charge in [-0.05, 0) is 31.0 Å². The molecule has 1 aromatic carbocycles. The standard InChI is InChI=1S/C13H14FN3/c1-7-2-5-11-12(7)17-13(16-11)9-6-8(14)3-4-10(9)15/h3-4,6-7H,2,5,15H2,1H3,(H,16,17). The topological polar surface area (TPSA) is 54.7 Å². The number of H-pyrrole nitrogens is 1. The summed E-state index contributed by atoms with van der Waals surface area (Å²) in [5.41, 5.74) is 9.30. The molecule has 0 fully saturated rings. The van der Waals surface area contributed by atoms with Crippen LogP contribution in [0.15, 0.2) is 18.2 Å². The number of hydrogen-bond acceptors (Lipinski definition) is 2. The third-order valence-electron chi connectivity index (χ3n) is 3.38. The molecule has 0 saturated heterocycles. The number of aromatic nitrogens is 2. The van der Waals surface area contributed by atoms with Crippen molar-refractivity contribution in [2.24, 2.45) is 0 Å². The second kappa shape index (κ2) is 3.58. The van der Waals surface area contributed by atoms with Gasteiger partial charge < -0.3 is 10.7 Å². The molecule has 2 aromatic rings. The highest BCUT2D eigenvalue weighted by Gasteiger charge is 2.23. The summed E-state index contributed by atoms with van der Waals surface area (Å²) in [6.07, 6.45) is 2.14. The van der Waals surface area contributed by atoms with E-state index in [2.05, 4.69) is 16.9 Å². The van der Waals surface area contributed by atoms with Crippen molar-refractivity contribution in [2.45, 2.75) is 25.7 Å². The smallest absolute Gasteiger partial charge is 0.140 e. The summed E-state index contributed by atoms with van der Waals surface area (Å²) in [5, 5.41) is 0. The summed E-state index contributed by atoms with van der Waals surface area (Å²) >= 11 is 0. The quantitative estimate of drug-likeness (QED) is 0.741. The fourth-order valence-corrected chi connectivity index (χ4v) is 2.38. The van der Waals surface area contributed by atoms with Crippen LogP contribution in [0.1, 0.15) is 30.7 Å². The van der Waals surface area contributed by atoms with Gasteiger partial charge in [-0.25, -0.2) is 9.37 Å². The molecule has 3 nitrogen and oxygen atoms in total. The number of imidazole rings is 1. The molecule has 1 atom stereocenters. The van der Waals surface area contributed by atoms with E-state index in [0.717, 1.165) is 24.2 Å². The number of halogens is 1. The lowest BCUT2D eigenvalue weighted by Crippen LogP contribution is -1.94. The number of nitrogen functional groups attached to an aromatic ring is 1. The van der Waals surface area contributed by atoms with Gasteiger partial charge in [0.1, 0.15) is 11.6 Å². The van der Waals surface area contributed by atoms with Gasteiger partial charge in [-0.15, -0.1) is 0 Å². The predicted octanol–water partition coefficient (Wildman–Crippen LogP) is 2.85. The number of nitrogens with two attached hydrogens (primary N) is 1. The van der Waals surface area contributed by atoms with E-state index in [0.29, 0.717) is 23.0 Å². The Bertz CT molecular complexity index is 574. The molecular formula is C13H14FN3. The van der Waals surface area contributed by atoms with Crippen LogP contribution in [0.5, 0.6) is 0 Å². The first-order valence-electron chi connectivity index (χ1n) is 5.79. The fraction of sp³-hybridized carbons (Fsp3) is 0.308. The minimum absolute atomic E-state index is 0.293. The SMILES string of the molecule is CC1CCc2[nH]c(-c3cc(F)ccc3N)nc21. The van der Waals surface area contributed by atoms with Crippen LogP contribution in [0.2, 0.25) is 0 Å². The first kappa shape index (κ1) is 10.3. The van der Waals surface area contributed by atoms with E-state index in [1.807, 2.05) is 0 Å². The third kappa shape index (κ3) is 1.60. The average Bonchev–Trinajstić information content (AvgIpc) is 2.85. The van der Waals surface area contributed by atoms with Gasteiger partial charge in [-0.2, -0.15) is 0 Å². The minimum Gasteiger partial charge on any atom is -0.398 e. The van der Waals surface area contributed by atoms with E-state index in [4.69, 9.17) is 5.73 Å². The Morgan fingerprint density at radius 1 is 1.47 bits per heavy atom. The summed E-state index contributed by atoms with van der Waals surface area (Å²) in [6.45, 7) is 2.16. The van der Waals surface area contributed by atoms with Crippen molar-refractivity contribution in [3.63, 3.8) is 0 Å². The molecule has 1 aliphatic carbocycles. The number of benzene rings is 1. The van der Waals surface area contributed by atoms with E-state index < -0.39 is 0 Å². The summed E-state index contributed by atoms with van der Waals surface area (Å²) in [4.78, 5) is 7.79. The van der Waals surface area contributed by atoms with Gasteiger partial charge in [0.15, 0.2) is 0 Å². The minimum atomic E-state index is -0.293. The maximum atomic E-state index is 13.2. The lowest BCUT2D eigenvalue weighted by molar-refractivity contribution is 0.628. The fourth-order valence-electron chi connectivity index (χ4n) is 2.38. The molecule has 0 bridgehead atoms. The number of nitrogens with zero attached hydrogens (tertiary/aromatic N) is 1. The number of anilines is 1. The molecular weight excluding hydrogens is 217 g/mol. The predicted molar refractivity (Wildman–Crippen MR) is 65.1 cm³/mol. The monoisotopic (exact) mass is 231 g/mol. The molecule has 88 valence electrons. The van der Waals surface area contributed by atoms with Crippen LogP contribution in [0.4, 0.5) is 10.1 Å². The van der Waals surface area contributed by atoms with E-state index in [-0.39, 0.29) is 5.82 Å². The zero-order valence-electron chi connectivity index (χ0n) is 9.63. The van der Waals surface area contributed by atoms with Crippen LogP contribution in [-0.2, 0) is 6.42 Å². The maximum absolute atomic E-state index is 13.2. The number of nitrogens with one attached hydrogen (secondary N) is 1. The zero-order chi connectivity index (χ0) is 12.0. The van der Waals surface area contributed by atoms with Crippen molar-refractivity contribution in [1.29, 1.82) is 0 Å². The van der Waals surface area contributed by atoms with Crippen LogP contribution in [0.25, 0.3) is 11.4 Å². The summed E-state index contributed by atoms with van der Waals surface area (Å²) in [5.74, 6) is 0.863. The van der Waals surface area contributed by atoms with Gasteiger partial charge in [-0.3, -0.25) is 0 Å². The van der Waals surface area contributed by atoms with Crippen molar-refractivity contribution in [2.75, 3.05) is 5.73 Å². The Morgan fingerprint density at radius 3 is 3.06 bits per heavy atom. The lowest BCUT2D eigenvalue weighted by Gasteiger charge is -2.03. The highest BCUT2D eigenvalue weighted by atomic mass is 19.1. The van der Waals surface area contributed by atoms with Gasteiger partial charge in [0.2, 0.25) is 0 Å². The molecule has 1 heterocycles. The van der Waals surface area contributed by atoms with Gasteiger partial charge in [0.05, 0.1) is 5.69 Å². The Morgan fingerprint density at radius 2 is 2.29 bits per heavy atom. The molecule has 17 heavy (non-hydrogen) atoms. The zero-order valence-corrected chi connectivity index (χ0v) is 9.63. The second-order valence-corrected chi connectivity index (χ2v) is 4.62. The second-order valence-electron chi connectivity index (χ2n) is 4.62. The molecule has 0 aliphatic heterocycles. The molecule has 0 saturated carbocycles. The van der Waals surface area contributed by atoms with Crippen molar-refractivity contribution in [3.05, 3.63) is 35.4 Å². The van der Waals surface area contributed by atoms with Crippen LogP contribution in [0, 0.1) is 5.82 Å². The molecule has 0 radical (unpaired) electrons. The van der Waals surface area contributed by atoms with E-state index >= 15 is 0 Å². The Kier molecular flexibility index (Phi) is 2.18. The Hall–Kier alpha value is -1.84. The number of aryl methyl sites for hydroxylation is 1. The van der Waals surface area contributed by atoms with Gasteiger partial charge in [-0.1, -0.05) is 6.92 Å². The van der Waals surface area contributed by atoms with Crippen molar-refractivity contribution in [1.82, 2.24) is 9.97 Å². The van der Waals surface area contributed by atoms with Crippen molar-refractivity contribution in [3.8, 4) is 11.4 Å². The van der Waals surface area contributed by atoms with Crippen molar-refractivity contribution < 1.29 is 4.39 Å². The molecule has 1 aliphatic rings. The van der Waals surface area contributed by atoms with Crippen LogP contribution in [0.3, 0.4) is 0 Å². The molecule has 3 N–H and O–H groups in total.